The number of nitrogens with one attached hydrogen (secondary N) is 1. The highest BCUT2D eigenvalue weighted by Gasteiger charge is 2.34. The lowest BCUT2D eigenvalue weighted by atomic mass is 9.86. The number of nitrogens with zero attached hydrogens (tertiary/aromatic N) is 3. The summed E-state index contributed by atoms with van der Waals surface area (Å²) >= 11 is 8.01. The van der Waals surface area contributed by atoms with Gasteiger partial charge in [-0.25, -0.2) is 4.98 Å². The summed E-state index contributed by atoms with van der Waals surface area (Å²) in [5.74, 6) is 0.521. The Labute approximate surface area is 171 Å². The second-order valence-corrected chi connectivity index (χ2v) is 8.47. The highest BCUT2D eigenvalue weighted by molar-refractivity contribution is 7.20. The SMILES string of the molecule is Cc1ccc2nc(-n3nc(C)c4c3NC(=O)CC4c3ccccc3Cl)sc2c1. The lowest BCUT2D eigenvalue weighted by Gasteiger charge is -2.24. The third-order valence-corrected chi connectivity index (χ3v) is 6.43. The van der Waals surface area contributed by atoms with E-state index in [9.17, 15) is 4.79 Å². The van der Waals surface area contributed by atoms with Gasteiger partial charge >= 0.3 is 0 Å². The molecule has 5 rings (SSSR count). The van der Waals surface area contributed by atoms with Gasteiger partial charge in [-0.15, -0.1) is 0 Å². The summed E-state index contributed by atoms with van der Waals surface area (Å²) in [7, 11) is 0. The van der Waals surface area contributed by atoms with Crippen molar-refractivity contribution in [1.82, 2.24) is 14.8 Å². The average molecular weight is 409 g/mol. The Balaban J connectivity index is 1.69. The Bertz CT molecular complexity index is 1240. The zero-order chi connectivity index (χ0) is 19.4. The molecule has 5 nitrogen and oxygen atoms in total. The largest absolute Gasteiger partial charge is 0.310 e. The molecule has 1 aliphatic heterocycles. The van der Waals surface area contributed by atoms with Gasteiger partial charge in [0.1, 0.15) is 5.82 Å². The maximum atomic E-state index is 12.5. The van der Waals surface area contributed by atoms with Gasteiger partial charge in [0, 0.05) is 22.9 Å². The molecular weight excluding hydrogens is 392 g/mol. The van der Waals surface area contributed by atoms with Crippen molar-refractivity contribution >= 4 is 44.9 Å². The van der Waals surface area contributed by atoms with E-state index in [2.05, 4.69) is 18.3 Å². The molecule has 0 bridgehead atoms. The zero-order valence-corrected chi connectivity index (χ0v) is 16.9. The van der Waals surface area contributed by atoms with E-state index in [0.29, 0.717) is 17.3 Å². The molecule has 0 aliphatic carbocycles. The van der Waals surface area contributed by atoms with E-state index in [0.717, 1.165) is 32.2 Å². The Hall–Kier alpha value is -2.70. The van der Waals surface area contributed by atoms with Gasteiger partial charge in [0.25, 0.3) is 0 Å². The van der Waals surface area contributed by atoms with Crippen molar-refractivity contribution < 1.29 is 4.79 Å². The summed E-state index contributed by atoms with van der Waals surface area (Å²) < 4.78 is 2.85. The van der Waals surface area contributed by atoms with E-state index < -0.39 is 0 Å². The lowest BCUT2D eigenvalue weighted by Crippen LogP contribution is -2.25. The quantitative estimate of drug-likeness (QED) is 0.494. The molecule has 1 aliphatic rings. The van der Waals surface area contributed by atoms with Crippen molar-refractivity contribution in [1.29, 1.82) is 0 Å². The Morgan fingerprint density at radius 3 is 2.86 bits per heavy atom. The molecule has 1 atom stereocenters. The maximum Gasteiger partial charge on any atom is 0.226 e. The smallest absolute Gasteiger partial charge is 0.226 e. The molecule has 0 saturated heterocycles. The fourth-order valence-electron chi connectivity index (χ4n) is 3.82. The molecule has 0 spiro atoms. The van der Waals surface area contributed by atoms with Crippen LogP contribution in [-0.4, -0.2) is 20.7 Å². The number of hydrogen-bond acceptors (Lipinski definition) is 4. The van der Waals surface area contributed by atoms with Crippen LogP contribution in [0.25, 0.3) is 15.3 Å². The third kappa shape index (κ3) is 2.72. The summed E-state index contributed by atoms with van der Waals surface area (Å²) in [6.07, 6.45) is 0.350. The minimum atomic E-state index is -0.122. The number of thiazole rings is 1. The first-order valence-electron chi connectivity index (χ1n) is 9.02. The van der Waals surface area contributed by atoms with Crippen LogP contribution in [0, 0.1) is 13.8 Å². The fraction of sp³-hybridized carbons (Fsp3) is 0.190. The topological polar surface area (TPSA) is 59.8 Å². The number of halogens is 1. The number of amides is 1. The molecule has 0 fully saturated rings. The number of carbonyl (C=O) groups is 1. The van der Waals surface area contributed by atoms with Crippen LogP contribution in [0.5, 0.6) is 0 Å². The molecule has 3 heterocycles. The number of anilines is 1. The first kappa shape index (κ1) is 17.4. The molecule has 28 heavy (non-hydrogen) atoms. The summed E-state index contributed by atoms with van der Waals surface area (Å²) in [5.41, 5.74) is 4.94. The van der Waals surface area contributed by atoms with Crippen LogP contribution in [0.15, 0.2) is 42.5 Å². The molecule has 7 heteroatoms. The number of rotatable bonds is 2. The molecule has 0 saturated carbocycles. The van der Waals surface area contributed by atoms with E-state index >= 15 is 0 Å². The number of carbonyl (C=O) groups excluding carboxylic acids is 1. The Morgan fingerprint density at radius 1 is 1.21 bits per heavy atom. The standard InChI is InChI=1S/C21H17ClN4OS/c1-11-7-8-16-17(9-11)28-21(23-16)26-20-19(12(2)25-26)14(10-18(27)24-20)13-5-3-4-6-15(13)22/h3-9,14H,10H2,1-2H3,(H,24,27). The number of benzene rings is 2. The van der Waals surface area contributed by atoms with Crippen molar-refractivity contribution in [2.24, 2.45) is 0 Å². The average Bonchev–Trinajstić information content (AvgIpc) is 3.22. The first-order chi connectivity index (χ1) is 13.5. The predicted octanol–water partition coefficient (Wildman–Crippen LogP) is 5.23. The van der Waals surface area contributed by atoms with E-state index in [1.807, 2.05) is 43.3 Å². The molecule has 4 aromatic rings. The predicted molar refractivity (Wildman–Crippen MR) is 113 cm³/mol. The van der Waals surface area contributed by atoms with Gasteiger partial charge in [0.2, 0.25) is 11.0 Å². The van der Waals surface area contributed by atoms with Gasteiger partial charge in [-0.1, -0.05) is 47.2 Å². The van der Waals surface area contributed by atoms with Gasteiger partial charge in [-0.05, 0) is 43.2 Å². The van der Waals surface area contributed by atoms with Gasteiger partial charge in [0.05, 0.1) is 15.9 Å². The first-order valence-corrected chi connectivity index (χ1v) is 10.2. The molecule has 2 aromatic heterocycles. The highest BCUT2D eigenvalue weighted by Crippen LogP contribution is 2.42. The van der Waals surface area contributed by atoms with E-state index in [1.165, 1.54) is 5.56 Å². The number of aromatic nitrogens is 3. The van der Waals surface area contributed by atoms with Crippen molar-refractivity contribution in [3.63, 3.8) is 0 Å². The van der Waals surface area contributed by atoms with Crippen LogP contribution in [0.1, 0.15) is 34.7 Å². The van der Waals surface area contributed by atoms with E-state index in [4.69, 9.17) is 21.7 Å². The Kier molecular flexibility index (Phi) is 4.00. The van der Waals surface area contributed by atoms with Crippen LogP contribution in [0.2, 0.25) is 5.02 Å². The van der Waals surface area contributed by atoms with Crippen molar-refractivity contribution in [3.05, 3.63) is 69.9 Å². The van der Waals surface area contributed by atoms with Gasteiger partial charge in [-0.3, -0.25) is 4.79 Å². The Morgan fingerprint density at radius 2 is 2.04 bits per heavy atom. The minimum absolute atomic E-state index is 0.0458. The van der Waals surface area contributed by atoms with Crippen LogP contribution in [0.3, 0.4) is 0 Å². The van der Waals surface area contributed by atoms with Crippen LogP contribution in [0.4, 0.5) is 5.82 Å². The highest BCUT2D eigenvalue weighted by atomic mass is 35.5. The summed E-state index contributed by atoms with van der Waals surface area (Å²) in [6, 6.07) is 13.9. The molecule has 2 aromatic carbocycles. The lowest BCUT2D eigenvalue weighted by molar-refractivity contribution is -0.116. The number of hydrogen-bond donors (Lipinski definition) is 1. The third-order valence-electron chi connectivity index (χ3n) is 5.10. The molecule has 1 N–H and O–H groups in total. The number of fused-ring (bicyclic) bond motifs is 2. The minimum Gasteiger partial charge on any atom is -0.310 e. The summed E-state index contributed by atoms with van der Waals surface area (Å²) in [6.45, 7) is 4.03. The van der Waals surface area contributed by atoms with E-state index in [1.54, 1.807) is 16.0 Å². The van der Waals surface area contributed by atoms with Gasteiger partial charge in [0.15, 0.2) is 0 Å². The summed E-state index contributed by atoms with van der Waals surface area (Å²) in [5, 5.41) is 9.14. The molecule has 1 unspecified atom stereocenters. The molecule has 1 amide bonds. The van der Waals surface area contributed by atoms with Crippen molar-refractivity contribution in [2.75, 3.05) is 5.32 Å². The maximum absolute atomic E-state index is 12.5. The van der Waals surface area contributed by atoms with Crippen LogP contribution in [-0.2, 0) is 4.79 Å². The molecule has 140 valence electrons. The van der Waals surface area contributed by atoms with Gasteiger partial charge < -0.3 is 5.32 Å². The second-order valence-electron chi connectivity index (χ2n) is 7.05. The van der Waals surface area contributed by atoms with Crippen LogP contribution < -0.4 is 5.32 Å². The van der Waals surface area contributed by atoms with Gasteiger partial charge in [-0.2, -0.15) is 9.78 Å². The number of aryl methyl sites for hydroxylation is 2. The van der Waals surface area contributed by atoms with Crippen LogP contribution >= 0.6 is 22.9 Å². The second kappa shape index (κ2) is 6.43. The van der Waals surface area contributed by atoms with Crippen molar-refractivity contribution in [3.8, 4) is 5.13 Å². The molecular formula is C21H17ClN4OS. The summed E-state index contributed by atoms with van der Waals surface area (Å²) in [4.78, 5) is 17.2. The van der Waals surface area contributed by atoms with E-state index in [-0.39, 0.29) is 11.8 Å². The fourth-order valence-corrected chi connectivity index (χ4v) is 5.11. The molecule has 0 radical (unpaired) electrons. The van der Waals surface area contributed by atoms with Crippen molar-refractivity contribution in [2.45, 2.75) is 26.2 Å². The monoisotopic (exact) mass is 408 g/mol. The normalized spacial score (nSPS) is 16.2. The zero-order valence-electron chi connectivity index (χ0n) is 15.4.